The molecule has 1 aliphatic carbocycles. The summed E-state index contributed by atoms with van der Waals surface area (Å²) in [6.07, 6.45) is 4.88. The molecule has 3 N–H and O–H groups in total. The first-order valence-electron chi connectivity index (χ1n) is 8.50. The van der Waals surface area contributed by atoms with E-state index in [9.17, 15) is 5.11 Å². The average molecular weight is 322 g/mol. The van der Waals surface area contributed by atoms with Crippen LogP contribution in [0.25, 0.3) is 0 Å². The fourth-order valence-corrected chi connectivity index (χ4v) is 3.26. The van der Waals surface area contributed by atoms with Crippen molar-refractivity contribution in [3.8, 4) is 0 Å². The van der Waals surface area contributed by atoms with Gasteiger partial charge in [0.25, 0.3) is 0 Å². The van der Waals surface area contributed by atoms with E-state index in [0.29, 0.717) is 0 Å². The van der Waals surface area contributed by atoms with Gasteiger partial charge in [-0.2, -0.15) is 0 Å². The van der Waals surface area contributed by atoms with E-state index in [0.717, 1.165) is 61.7 Å². The monoisotopic (exact) mass is 322 g/mol. The number of aliphatic imine (C=N–C) groups is 1. The van der Waals surface area contributed by atoms with Crippen LogP contribution < -0.4 is 10.6 Å². The van der Waals surface area contributed by atoms with Crippen LogP contribution >= 0.6 is 0 Å². The van der Waals surface area contributed by atoms with Gasteiger partial charge < -0.3 is 20.3 Å². The number of rotatable bonds is 5. The molecular formula is C17H30N4O2. The van der Waals surface area contributed by atoms with Crippen molar-refractivity contribution in [1.29, 1.82) is 0 Å². The summed E-state index contributed by atoms with van der Waals surface area (Å²) < 4.78 is 5.18. The Labute approximate surface area is 138 Å². The number of aryl methyl sites for hydroxylation is 2. The lowest BCUT2D eigenvalue weighted by atomic mass is 9.73. The summed E-state index contributed by atoms with van der Waals surface area (Å²) in [6.45, 7) is 7.56. The van der Waals surface area contributed by atoms with Gasteiger partial charge in [-0.3, -0.25) is 4.99 Å². The Bertz CT molecular complexity index is 521. The van der Waals surface area contributed by atoms with E-state index in [4.69, 9.17) is 4.52 Å². The standard InChI is InChI=1S/C17H30N4O2/c1-12-14(13(2)23-21-12)8-10-19-16(18-4)20-11-17(3)9-6-5-7-15(17)22/h15,22H,5-11H2,1-4H3,(H2,18,19,20). The van der Waals surface area contributed by atoms with E-state index in [2.05, 4.69) is 27.7 Å². The van der Waals surface area contributed by atoms with Crippen molar-refractivity contribution in [2.45, 2.75) is 59.0 Å². The van der Waals surface area contributed by atoms with Crippen LogP contribution in [0.2, 0.25) is 0 Å². The molecule has 0 saturated heterocycles. The Morgan fingerprint density at radius 2 is 2.17 bits per heavy atom. The molecule has 0 aliphatic heterocycles. The van der Waals surface area contributed by atoms with Gasteiger partial charge in [-0.15, -0.1) is 0 Å². The number of hydrogen-bond donors (Lipinski definition) is 3. The Kier molecular flexibility index (Phi) is 6.04. The molecule has 0 bridgehead atoms. The van der Waals surface area contributed by atoms with Crippen LogP contribution in [-0.2, 0) is 6.42 Å². The molecule has 1 heterocycles. The maximum absolute atomic E-state index is 10.3. The molecule has 0 aromatic carbocycles. The number of nitrogens with one attached hydrogen (secondary N) is 2. The van der Waals surface area contributed by atoms with Gasteiger partial charge in [-0.25, -0.2) is 0 Å². The van der Waals surface area contributed by atoms with E-state index in [1.165, 1.54) is 6.42 Å². The highest BCUT2D eigenvalue weighted by atomic mass is 16.5. The first-order valence-corrected chi connectivity index (χ1v) is 8.50. The second kappa shape index (κ2) is 7.81. The maximum Gasteiger partial charge on any atom is 0.191 e. The molecule has 1 aliphatic rings. The van der Waals surface area contributed by atoms with Gasteiger partial charge >= 0.3 is 0 Å². The largest absolute Gasteiger partial charge is 0.392 e. The van der Waals surface area contributed by atoms with E-state index in [1.807, 2.05) is 13.8 Å². The maximum atomic E-state index is 10.3. The third kappa shape index (κ3) is 4.47. The zero-order valence-electron chi connectivity index (χ0n) is 14.8. The van der Waals surface area contributed by atoms with Crippen molar-refractivity contribution in [1.82, 2.24) is 15.8 Å². The lowest BCUT2D eigenvalue weighted by Crippen LogP contribution is -2.48. The second-order valence-electron chi connectivity index (χ2n) is 6.82. The van der Waals surface area contributed by atoms with Crippen LogP contribution in [0.15, 0.2) is 9.52 Å². The van der Waals surface area contributed by atoms with E-state index >= 15 is 0 Å². The molecule has 23 heavy (non-hydrogen) atoms. The van der Waals surface area contributed by atoms with Gasteiger partial charge in [-0.1, -0.05) is 24.9 Å². The van der Waals surface area contributed by atoms with Gasteiger partial charge in [0.2, 0.25) is 0 Å². The molecule has 1 aromatic rings. The van der Waals surface area contributed by atoms with Gasteiger partial charge in [0.05, 0.1) is 11.8 Å². The highest BCUT2D eigenvalue weighted by Crippen LogP contribution is 2.35. The summed E-state index contributed by atoms with van der Waals surface area (Å²) in [5.41, 5.74) is 2.03. The summed E-state index contributed by atoms with van der Waals surface area (Å²) in [5, 5.41) is 20.9. The van der Waals surface area contributed by atoms with Crippen LogP contribution in [0.4, 0.5) is 0 Å². The summed E-state index contributed by atoms with van der Waals surface area (Å²) in [6, 6.07) is 0. The normalized spacial score (nSPS) is 25.4. The van der Waals surface area contributed by atoms with Crippen LogP contribution in [0.5, 0.6) is 0 Å². The molecule has 2 atom stereocenters. The minimum atomic E-state index is -0.232. The Balaban J connectivity index is 1.80. The van der Waals surface area contributed by atoms with E-state index in [1.54, 1.807) is 7.05 Å². The number of guanidine groups is 1. The van der Waals surface area contributed by atoms with Gasteiger partial charge in [-0.05, 0) is 33.1 Å². The van der Waals surface area contributed by atoms with Gasteiger partial charge in [0, 0.05) is 31.1 Å². The van der Waals surface area contributed by atoms with Crippen molar-refractivity contribution in [2.75, 3.05) is 20.1 Å². The minimum Gasteiger partial charge on any atom is -0.392 e. The number of aliphatic hydroxyl groups excluding tert-OH is 1. The molecule has 2 unspecified atom stereocenters. The predicted octanol–water partition coefficient (Wildman–Crippen LogP) is 1.94. The SMILES string of the molecule is CN=C(NCCc1c(C)noc1C)NCC1(C)CCCCC1O. The molecular weight excluding hydrogens is 292 g/mol. The molecule has 0 spiro atoms. The topological polar surface area (TPSA) is 82.7 Å². The fraction of sp³-hybridized carbons (Fsp3) is 0.765. The zero-order chi connectivity index (χ0) is 16.9. The average Bonchev–Trinajstić information content (AvgIpc) is 2.85. The van der Waals surface area contributed by atoms with Crippen LogP contribution in [-0.4, -0.2) is 42.5 Å². The van der Waals surface area contributed by atoms with Gasteiger partial charge in [0.1, 0.15) is 5.76 Å². The summed E-state index contributed by atoms with van der Waals surface area (Å²) in [5.74, 6) is 1.65. The third-order valence-electron chi connectivity index (χ3n) is 5.01. The number of nitrogens with zero attached hydrogens (tertiary/aromatic N) is 2. The quantitative estimate of drug-likeness (QED) is 0.570. The molecule has 1 aromatic heterocycles. The molecule has 1 saturated carbocycles. The van der Waals surface area contributed by atoms with Crippen molar-refractivity contribution in [3.05, 3.63) is 17.0 Å². The molecule has 2 rings (SSSR count). The highest BCUT2D eigenvalue weighted by Gasteiger charge is 2.35. The first kappa shape index (κ1) is 17.8. The number of aliphatic hydroxyl groups is 1. The Hall–Kier alpha value is -1.56. The Morgan fingerprint density at radius 1 is 1.39 bits per heavy atom. The van der Waals surface area contributed by atoms with Gasteiger partial charge in [0.15, 0.2) is 5.96 Å². The Morgan fingerprint density at radius 3 is 2.78 bits per heavy atom. The molecule has 1 fully saturated rings. The van der Waals surface area contributed by atoms with E-state index in [-0.39, 0.29) is 11.5 Å². The van der Waals surface area contributed by atoms with Crippen molar-refractivity contribution >= 4 is 5.96 Å². The molecule has 0 radical (unpaired) electrons. The van der Waals surface area contributed by atoms with Crippen molar-refractivity contribution in [3.63, 3.8) is 0 Å². The van der Waals surface area contributed by atoms with Crippen LogP contribution in [0.1, 0.15) is 49.6 Å². The third-order valence-corrected chi connectivity index (χ3v) is 5.01. The van der Waals surface area contributed by atoms with Crippen LogP contribution in [0.3, 0.4) is 0 Å². The highest BCUT2D eigenvalue weighted by molar-refractivity contribution is 5.79. The molecule has 0 amide bonds. The lowest BCUT2D eigenvalue weighted by molar-refractivity contribution is 0.00398. The van der Waals surface area contributed by atoms with Crippen LogP contribution in [0, 0.1) is 19.3 Å². The lowest BCUT2D eigenvalue weighted by Gasteiger charge is -2.38. The summed E-state index contributed by atoms with van der Waals surface area (Å²) >= 11 is 0. The predicted molar refractivity (Wildman–Crippen MR) is 91.6 cm³/mol. The second-order valence-corrected chi connectivity index (χ2v) is 6.82. The summed E-state index contributed by atoms with van der Waals surface area (Å²) in [7, 11) is 1.77. The molecule has 6 heteroatoms. The smallest absolute Gasteiger partial charge is 0.191 e. The number of aromatic nitrogens is 1. The van der Waals surface area contributed by atoms with Crippen molar-refractivity contribution < 1.29 is 9.63 Å². The first-order chi connectivity index (χ1) is 11.0. The van der Waals surface area contributed by atoms with E-state index < -0.39 is 0 Å². The molecule has 6 nitrogen and oxygen atoms in total. The summed E-state index contributed by atoms with van der Waals surface area (Å²) in [4.78, 5) is 4.27. The fourth-order valence-electron chi connectivity index (χ4n) is 3.26. The van der Waals surface area contributed by atoms with Crippen molar-refractivity contribution in [2.24, 2.45) is 10.4 Å². The number of hydrogen-bond acceptors (Lipinski definition) is 4. The molecule has 130 valence electrons. The minimum absolute atomic E-state index is 0.0719. The zero-order valence-corrected chi connectivity index (χ0v) is 14.8.